The molecule has 0 bridgehead atoms. The SMILES string of the molecule is NCCCC[C@H](NC(C(=O)O)C(=O)O)C(=O)C([C]=O)OCCOCCNC(=O)CCCCCCCCCCCCCCC(=O)O. The molecule has 0 rings (SSSR count). The lowest BCUT2D eigenvalue weighted by Gasteiger charge is -2.22. The molecule has 0 heterocycles. The Hall–Kier alpha value is -2.94. The van der Waals surface area contributed by atoms with Crippen LogP contribution in [0.2, 0.25) is 0 Å². The van der Waals surface area contributed by atoms with Gasteiger partial charge in [0.25, 0.3) is 0 Å². The summed E-state index contributed by atoms with van der Waals surface area (Å²) >= 11 is 0. The molecule has 1 unspecified atom stereocenters. The monoisotopic (exact) mass is 644 g/mol. The summed E-state index contributed by atoms with van der Waals surface area (Å²) in [6.07, 6.45) is 14.4. The molecule has 0 aromatic heterocycles. The Morgan fingerprint density at radius 1 is 0.689 bits per heavy atom. The van der Waals surface area contributed by atoms with Crippen LogP contribution in [-0.4, -0.2) is 102 Å². The molecule has 7 N–H and O–H groups in total. The molecule has 1 radical (unpaired) electrons. The summed E-state index contributed by atoms with van der Waals surface area (Å²) < 4.78 is 10.6. The molecule has 1 amide bonds. The van der Waals surface area contributed by atoms with Gasteiger partial charge in [-0.3, -0.25) is 24.5 Å². The van der Waals surface area contributed by atoms with Crippen LogP contribution in [0.5, 0.6) is 0 Å². The van der Waals surface area contributed by atoms with Gasteiger partial charge in [0, 0.05) is 19.4 Å². The highest BCUT2D eigenvalue weighted by Crippen LogP contribution is 2.13. The zero-order valence-electron chi connectivity index (χ0n) is 26.5. The maximum Gasteiger partial charge on any atom is 0.332 e. The fourth-order valence-electron chi connectivity index (χ4n) is 4.61. The van der Waals surface area contributed by atoms with Gasteiger partial charge in [0.15, 0.2) is 11.9 Å². The van der Waals surface area contributed by atoms with E-state index in [0.717, 1.165) is 51.4 Å². The molecule has 45 heavy (non-hydrogen) atoms. The maximum atomic E-state index is 12.8. The number of ether oxygens (including phenoxy) is 2. The van der Waals surface area contributed by atoms with Crippen LogP contribution in [0.4, 0.5) is 0 Å². The van der Waals surface area contributed by atoms with Gasteiger partial charge in [-0.05, 0) is 32.2 Å². The third-order valence-corrected chi connectivity index (χ3v) is 7.14. The molecule has 2 atom stereocenters. The minimum absolute atomic E-state index is 0.0201. The first kappa shape index (κ1) is 42.1. The second-order valence-corrected chi connectivity index (χ2v) is 11.0. The second kappa shape index (κ2) is 28.5. The molecule has 0 saturated carbocycles. The molecule has 0 saturated heterocycles. The Morgan fingerprint density at radius 2 is 1.22 bits per heavy atom. The summed E-state index contributed by atoms with van der Waals surface area (Å²) in [5, 5.41) is 31.9. The van der Waals surface area contributed by atoms with Gasteiger partial charge in [-0.25, -0.2) is 9.59 Å². The van der Waals surface area contributed by atoms with Gasteiger partial charge in [0.1, 0.15) is 0 Å². The van der Waals surface area contributed by atoms with Crippen LogP contribution in [0.25, 0.3) is 0 Å². The minimum atomic E-state index is -2.04. The van der Waals surface area contributed by atoms with Gasteiger partial charge in [0.2, 0.25) is 18.2 Å². The Morgan fingerprint density at radius 3 is 1.71 bits per heavy atom. The van der Waals surface area contributed by atoms with Crippen molar-refractivity contribution in [2.45, 2.75) is 127 Å². The summed E-state index contributed by atoms with van der Waals surface area (Å²) in [4.78, 5) is 69.1. The first-order valence-corrected chi connectivity index (χ1v) is 16.1. The lowest BCUT2D eigenvalue weighted by Crippen LogP contribution is -2.53. The molecule has 0 aromatic carbocycles. The molecule has 14 heteroatoms. The predicted octanol–water partition coefficient (Wildman–Crippen LogP) is 2.35. The largest absolute Gasteiger partial charge is 0.481 e. The van der Waals surface area contributed by atoms with Crippen LogP contribution in [0.3, 0.4) is 0 Å². The van der Waals surface area contributed by atoms with Crippen LogP contribution in [0.1, 0.15) is 109 Å². The molecule has 0 aliphatic rings. The van der Waals surface area contributed by atoms with E-state index >= 15 is 0 Å². The Kier molecular flexibility index (Phi) is 26.7. The molecule has 259 valence electrons. The third kappa shape index (κ3) is 24.0. The lowest BCUT2D eigenvalue weighted by molar-refractivity contribution is -0.151. The van der Waals surface area contributed by atoms with E-state index in [0.29, 0.717) is 32.4 Å². The highest BCUT2D eigenvalue weighted by Gasteiger charge is 2.34. The molecule has 0 spiro atoms. The second-order valence-electron chi connectivity index (χ2n) is 11.0. The number of nitrogens with one attached hydrogen (secondary N) is 2. The zero-order chi connectivity index (χ0) is 33.7. The van der Waals surface area contributed by atoms with Crippen molar-refractivity contribution in [3.63, 3.8) is 0 Å². The fraction of sp³-hybridized carbons (Fsp3) is 0.806. The van der Waals surface area contributed by atoms with Crippen LogP contribution in [0.15, 0.2) is 0 Å². The summed E-state index contributed by atoms with van der Waals surface area (Å²) in [7, 11) is 0. The van der Waals surface area contributed by atoms with E-state index < -0.39 is 41.9 Å². The van der Waals surface area contributed by atoms with Crippen molar-refractivity contribution in [3.05, 3.63) is 0 Å². The number of rotatable bonds is 33. The van der Waals surface area contributed by atoms with E-state index in [1.807, 2.05) is 0 Å². The number of carboxylic acids is 3. The summed E-state index contributed by atoms with van der Waals surface area (Å²) in [5.41, 5.74) is 5.45. The van der Waals surface area contributed by atoms with Crippen LogP contribution in [0, 0.1) is 0 Å². The number of hydrogen-bond acceptors (Lipinski definition) is 10. The molecule has 0 fully saturated rings. The Bertz CT molecular complexity index is 843. The van der Waals surface area contributed by atoms with E-state index in [2.05, 4.69) is 10.6 Å². The maximum absolute atomic E-state index is 12.8. The van der Waals surface area contributed by atoms with E-state index in [1.54, 1.807) is 0 Å². The highest BCUT2D eigenvalue weighted by atomic mass is 16.5. The number of nitrogens with two attached hydrogens (primary N) is 1. The first-order chi connectivity index (χ1) is 21.6. The van der Waals surface area contributed by atoms with E-state index in [-0.39, 0.29) is 38.6 Å². The number of carboxylic acid groups (broad SMARTS) is 3. The number of carbonyl (C=O) groups is 5. The van der Waals surface area contributed by atoms with Crippen LogP contribution >= 0.6 is 0 Å². The molecule has 0 aromatic rings. The van der Waals surface area contributed by atoms with Crippen molar-refractivity contribution in [1.82, 2.24) is 10.6 Å². The molecule has 0 aliphatic heterocycles. The van der Waals surface area contributed by atoms with Gasteiger partial charge in [-0.1, -0.05) is 70.6 Å². The van der Waals surface area contributed by atoms with Crippen LogP contribution < -0.4 is 16.4 Å². The van der Waals surface area contributed by atoms with E-state index in [1.165, 1.54) is 32.0 Å². The van der Waals surface area contributed by atoms with Crippen molar-refractivity contribution in [2.24, 2.45) is 5.73 Å². The van der Waals surface area contributed by atoms with Gasteiger partial charge >= 0.3 is 17.9 Å². The minimum Gasteiger partial charge on any atom is -0.481 e. The number of unbranched alkanes of at least 4 members (excludes halogenated alkanes) is 12. The number of hydrogen-bond donors (Lipinski definition) is 6. The van der Waals surface area contributed by atoms with Gasteiger partial charge in [-0.15, -0.1) is 0 Å². The predicted molar refractivity (Wildman–Crippen MR) is 165 cm³/mol. The number of carbonyl (C=O) groups excluding carboxylic acids is 3. The van der Waals surface area contributed by atoms with Gasteiger partial charge < -0.3 is 35.8 Å². The topological polar surface area (TPSA) is 232 Å². The number of ketones is 1. The Balaban J connectivity index is 3.97. The molecular formula is C31H54N3O11. The normalized spacial score (nSPS) is 12.5. The average Bonchev–Trinajstić information content (AvgIpc) is 2.99. The Labute approximate surface area is 266 Å². The molecule has 14 nitrogen and oxygen atoms in total. The van der Waals surface area contributed by atoms with Crippen molar-refractivity contribution in [3.8, 4) is 0 Å². The summed E-state index contributed by atoms with van der Waals surface area (Å²) in [6, 6.07) is -3.30. The summed E-state index contributed by atoms with van der Waals surface area (Å²) in [5.74, 6) is -4.97. The standard InChI is InChI=1S/C31H54N3O11/c32-18-14-13-15-24(34-28(30(40)41)31(42)43)29(39)25(23-35)45-22-21-44-20-19-33-26(36)16-11-9-7-5-3-1-2-4-6-8-10-12-17-27(37)38/h24-25,28,34H,1-22,32H2,(H,33,36)(H,37,38)(H,40,41)(H,42,43)/t24-,25?/m0/s1. The average molecular weight is 645 g/mol. The fourth-order valence-corrected chi connectivity index (χ4v) is 4.61. The summed E-state index contributed by atoms with van der Waals surface area (Å²) in [6.45, 7) is 0.683. The van der Waals surface area contributed by atoms with Gasteiger partial charge in [0.05, 0.1) is 25.9 Å². The van der Waals surface area contributed by atoms with Crippen molar-refractivity contribution < 1.29 is 53.6 Å². The number of Topliss-reactive ketones (excluding diaryl/α,β-unsaturated/α-hetero) is 1. The van der Waals surface area contributed by atoms with E-state index in [4.69, 9.17) is 30.5 Å². The van der Waals surface area contributed by atoms with Crippen molar-refractivity contribution >= 4 is 35.9 Å². The third-order valence-electron chi connectivity index (χ3n) is 7.14. The lowest BCUT2D eigenvalue weighted by atomic mass is 10.0. The smallest absolute Gasteiger partial charge is 0.332 e. The number of aliphatic carboxylic acids is 3. The van der Waals surface area contributed by atoms with Gasteiger partial charge in [-0.2, -0.15) is 0 Å². The van der Waals surface area contributed by atoms with Crippen molar-refractivity contribution in [2.75, 3.05) is 32.9 Å². The quantitative estimate of drug-likeness (QED) is 0.0445. The van der Waals surface area contributed by atoms with Crippen molar-refractivity contribution in [1.29, 1.82) is 0 Å². The van der Waals surface area contributed by atoms with E-state index in [9.17, 15) is 28.8 Å². The number of amides is 1. The highest BCUT2D eigenvalue weighted by molar-refractivity contribution is 6.02. The molecule has 0 aliphatic carbocycles. The zero-order valence-corrected chi connectivity index (χ0v) is 26.5. The molecular weight excluding hydrogens is 590 g/mol. The first-order valence-electron chi connectivity index (χ1n) is 16.1. The van der Waals surface area contributed by atoms with Crippen LogP contribution in [-0.2, 0) is 38.2 Å².